The lowest BCUT2D eigenvalue weighted by atomic mass is 9.86. The number of benzene rings is 3. The molecule has 1 aliphatic heterocycles. The molecule has 1 heterocycles. The maximum atomic E-state index is 13.7. The molecule has 0 spiro atoms. The summed E-state index contributed by atoms with van der Waals surface area (Å²) in [6, 6.07) is 22.8. The lowest BCUT2D eigenvalue weighted by Gasteiger charge is -2.43. The molecule has 0 saturated heterocycles. The number of anilines is 2. The van der Waals surface area contributed by atoms with Crippen LogP contribution in [0.5, 0.6) is 0 Å². The summed E-state index contributed by atoms with van der Waals surface area (Å²) >= 11 is 6.09. The number of carbonyl (C=O) groups is 2. The minimum atomic E-state index is -0.183. The molecule has 4 rings (SSSR count). The van der Waals surface area contributed by atoms with Crippen molar-refractivity contribution in [3.05, 3.63) is 94.5 Å². The number of fused-ring (bicyclic) bond motifs is 1. The Kier molecular flexibility index (Phi) is 6.55. The van der Waals surface area contributed by atoms with Crippen molar-refractivity contribution in [3.8, 4) is 0 Å². The summed E-state index contributed by atoms with van der Waals surface area (Å²) in [7, 11) is 0. The minimum Gasteiger partial charge on any atom is -0.305 e. The number of nitrogens with zero attached hydrogens (tertiary/aromatic N) is 2. The zero-order valence-electron chi connectivity index (χ0n) is 20.4. The van der Waals surface area contributed by atoms with Crippen molar-refractivity contribution in [1.82, 2.24) is 0 Å². The predicted octanol–water partition coefficient (Wildman–Crippen LogP) is 7.17. The van der Waals surface area contributed by atoms with E-state index in [4.69, 9.17) is 11.6 Å². The number of para-hydroxylation sites is 1. The van der Waals surface area contributed by atoms with E-state index in [9.17, 15) is 9.59 Å². The molecule has 0 aromatic heterocycles. The first-order chi connectivity index (χ1) is 16.1. The van der Waals surface area contributed by atoms with Gasteiger partial charge < -0.3 is 9.80 Å². The van der Waals surface area contributed by atoms with Gasteiger partial charge in [0.25, 0.3) is 5.91 Å². The summed E-state index contributed by atoms with van der Waals surface area (Å²) in [6.07, 6.45) is 0.630. The first-order valence-corrected chi connectivity index (χ1v) is 12.0. The van der Waals surface area contributed by atoms with E-state index in [1.54, 1.807) is 19.1 Å². The fourth-order valence-corrected chi connectivity index (χ4v) is 4.90. The Morgan fingerprint density at radius 1 is 0.941 bits per heavy atom. The summed E-state index contributed by atoms with van der Waals surface area (Å²) in [5, 5.41) is 0.624. The van der Waals surface area contributed by atoms with Gasteiger partial charge in [-0.1, -0.05) is 62.7 Å². The molecule has 0 saturated carbocycles. The topological polar surface area (TPSA) is 40.6 Å². The highest BCUT2D eigenvalue weighted by molar-refractivity contribution is 6.30. The second-order valence-corrected chi connectivity index (χ2v) is 10.5. The Labute approximate surface area is 207 Å². The third-order valence-electron chi connectivity index (χ3n) is 6.53. The molecule has 34 heavy (non-hydrogen) atoms. The molecule has 5 heteroatoms. The molecule has 0 bridgehead atoms. The van der Waals surface area contributed by atoms with Gasteiger partial charge in [0.2, 0.25) is 5.91 Å². The van der Waals surface area contributed by atoms with Gasteiger partial charge in [-0.25, -0.2) is 0 Å². The summed E-state index contributed by atoms with van der Waals surface area (Å²) in [4.78, 5) is 30.2. The quantitative estimate of drug-likeness (QED) is 0.403. The van der Waals surface area contributed by atoms with Crippen LogP contribution in [0, 0.1) is 0 Å². The van der Waals surface area contributed by atoms with E-state index in [-0.39, 0.29) is 29.3 Å². The Bertz CT molecular complexity index is 1200. The predicted molar refractivity (Wildman–Crippen MR) is 140 cm³/mol. The molecule has 1 aliphatic rings. The van der Waals surface area contributed by atoms with Crippen LogP contribution in [-0.4, -0.2) is 17.9 Å². The van der Waals surface area contributed by atoms with Crippen LogP contribution < -0.4 is 9.80 Å². The van der Waals surface area contributed by atoms with Crippen LogP contribution in [0.1, 0.15) is 68.6 Å². The third-order valence-corrected chi connectivity index (χ3v) is 6.78. The van der Waals surface area contributed by atoms with E-state index in [0.29, 0.717) is 17.0 Å². The normalized spacial score (nSPS) is 17.8. The molecule has 3 aromatic carbocycles. The van der Waals surface area contributed by atoms with E-state index in [1.165, 1.54) is 5.56 Å². The Morgan fingerprint density at radius 3 is 2.15 bits per heavy atom. The number of hydrogen-bond donors (Lipinski definition) is 0. The summed E-state index contributed by atoms with van der Waals surface area (Å²) in [5.41, 5.74) is 4.48. The maximum Gasteiger partial charge on any atom is 0.258 e. The van der Waals surface area contributed by atoms with Gasteiger partial charge in [-0.2, -0.15) is 0 Å². The van der Waals surface area contributed by atoms with Gasteiger partial charge in [-0.15, -0.1) is 0 Å². The van der Waals surface area contributed by atoms with Gasteiger partial charge >= 0.3 is 0 Å². The van der Waals surface area contributed by atoms with E-state index >= 15 is 0 Å². The summed E-state index contributed by atoms with van der Waals surface area (Å²) in [5.74, 6) is -0.0772. The molecular weight excluding hydrogens is 444 g/mol. The van der Waals surface area contributed by atoms with Crippen molar-refractivity contribution in [2.75, 3.05) is 9.80 Å². The van der Waals surface area contributed by atoms with Crippen LogP contribution >= 0.6 is 11.6 Å². The van der Waals surface area contributed by atoms with Crippen molar-refractivity contribution >= 4 is 34.8 Å². The molecule has 176 valence electrons. The first-order valence-electron chi connectivity index (χ1n) is 11.7. The molecule has 2 amide bonds. The van der Waals surface area contributed by atoms with Crippen LogP contribution in [0.4, 0.5) is 11.4 Å². The number of rotatable bonds is 3. The molecular formula is C29H31ClN2O2. The Balaban J connectivity index is 1.73. The number of amides is 2. The summed E-state index contributed by atoms with van der Waals surface area (Å²) < 4.78 is 0. The molecule has 0 fully saturated rings. The fraction of sp³-hybridized carbons (Fsp3) is 0.310. The molecule has 0 N–H and O–H groups in total. The van der Waals surface area contributed by atoms with Crippen molar-refractivity contribution in [2.24, 2.45) is 0 Å². The van der Waals surface area contributed by atoms with Gasteiger partial charge in [-0.05, 0) is 72.4 Å². The summed E-state index contributed by atoms with van der Waals surface area (Å²) in [6.45, 7) is 10.1. The van der Waals surface area contributed by atoms with Crippen LogP contribution in [0.2, 0.25) is 5.02 Å². The van der Waals surface area contributed by atoms with Crippen LogP contribution in [-0.2, 0) is 10.2 Å². The number of carbonyl (C=O) groups excluding carboxylic acids is 2. The molecule has 4 nitrogen and oxygen atoms in total. The molecule has 2 atom stereocenters. The van der Waals surface area contributed by atoms with Crippen molar-refractivity contribution in [1.29, 1.82) is 0 Å². The second-order valence-electron chi connectivity index (χ2n) is 10.0. The molecule has 0 aliphatic carbocycles. The molecule has 0 radical (unpaired) electrons. The maximum absolute atomic E-state index is 13.7. The van der Waals surface area contributed by atoms with Gasteiger partial charge in [0.05, 0.1) is 6.04 Å². The van der Waals surface area contributed by atoms with Crippen molar-refractivity contribution in [2.45, 2.75) is 58.5 Å². The van der Waals surface area contributed by atoms with Gasteiger partial charge in [0, 0.05) is 34.9 Å². The highest BCUT2D eigenvalue weighted by Gasteiger charge is 2.38. The lowest BCUT2D eigenvalue weighted by molar-refractivity contribution is -0.117. The number of halogens is 1. The van der Waals surface area contributed by atoms with Crippen molar-refractivity contribution in [3.63, 3.8) is 0 Å². The van der Waals surface area contributed by atoms with E-state index < -0.39 is 0 Å². The fourth-order valence-electron chi connectivity index (χ4n) is 4.77. The highest BCUT2D eigenvalue weighted by atomic mass is 35.5. The molecule has 0 unspecified atom stereocenters. The third kappa shape index (κ3) is 4.60. The zero-order chi connectivity index (χ0) is 24.6. The van der Waals surface area contributed by atoms with Crippen LogP contribution in [0.3, 0.4) is 0 Å². The van der Waals surface area contributed by atoms with E-state index in [2.05, 4.69) is 20.8 Å². The van der Waals surface area contributed by atoms with E-state index in [1.807, 2.05) is 77.4 Å². The smallest absolute Gasteiger partial charge is 0.258 e. The first kappa shape index (κ1) is 24.0. The van der Waals surface area contributed by atoms with Crippen molar-refractivity contribution < 1.29 is 9.59 Å². The SMILES string of the molecule is CC(=O)N(c1ccc(Cl)cc1)[C@@H]1C[C@H](C)N(C(=O)c2ccc(C(C)(C)C)cc2)c2ccccc21. The van der Waals surface area contributed by atoms with Crippen LogP contribution in [0.15, 0.2) is 72.8 Å². The average molecular weight is 475 g/mol. The Morgan fingerprint density at radius 2 is 1.56 bits per heavy atom. The minimum absolute atomic E-state index is 0.0254. The van der Waals surface area contributed by atoms with Gasteiger partial charge in [-0.3, -0.25) is 9.59 Å². The number of hydrogen-bond acceptors (Lipinski definition) is 2. The van der Waals surface area contributed by atoms with Gasteiger partial charge in [0.15, 0.2) is 0 Å². The van der Waals surface area contributed by atoms with E-state index in [0.717, 1.165) is 16.9 Å². The standard InChI is InChI=1S/C29H31ClN2O2/c1-19-18-27(32(20(2)33)24-16-14-23(30)15-17-24)25-8-6-7-9-26(25)31(19)28(34)21-10-12-22(13-11-21)29(3,4)5/h6-17,19,27H,18H2,1-5H3/t19-,27+/m0/s1. The van der Waals surface area contributed by atoms with Gasteiger partial charge in [0.1, 0.15) is 0 Å². The molecule has 3 aromatic rings. The Hall–Kier alpha value is -3.11. The largest absolute Gasteiger partial charge is 0.305 e. The highest BCUT2D eigenvalue weighted by Crippen LogP contribution is 2.43. The monoisotopic (exact) mass is 474 g/mol. The van der Waals surface area contributed by atoms with Crippen LogP contribution in [0.25, 0.3) is 0 Å². The average Bonchev–Trinajstić information content (AvgIpc) is 2.79. The lowest BCUT2D eigenvalue weighted by Crippen LogP contribution is -2.47. The zero-order valence-corrected chi connectivity index (χ0v) is 21.1. The second kappa shape index (κ2) is 9.27.